The van der Waals surface area contributed by atoms with Gasteiger partial charge in [-0.05, 0) is 54.0 Å². The first-order chi connectivity index (χ1) is 15.3. The predicted octanol–water partition coefficient (Wildman–Crippen LogP) is 4.71. The Morgan fingerprint density at radius 2 is 1.94 bits per heavy atom. The van der Waals surface area contributed by atoms with Crippen LogP contribution in [-0.4, -0.2) is 42.2 Å². The minimum absolute atomic E-state index is 0.294. The highest BCUT2D eigenvalue weighted by molar-refractivity contribution is 8.72. The SMILES string of the molecule is Cc1ccc(S(=O)(=O)SC[C@@H]2CO[C@](CCc3ccc(Cl)cc3)(Cn3ccnc3)O2)cc1. The largest absolute Gasteiger partial charge is 0.345 e. The van der Waals surface area contributed by atoms with Crippen molar-refractivity contribution in [3.05, 3.63) is 83.4 Å². The Labute approximate surface area is 197 Å². The van der Waals surface area contributed by atoms with Crippen LogP contribution in [0.5, 0.6) is 0 Å². The summed E-state index contributed by atoms with van der Waals surface area (Å²) in [6, 6.07) is 14.6. The Morgan fingerprint density at radius 3 is 2.62 bits per heavy atom. The molecule has 6 nitrogen and oxygen atoms in total. The molecule has 2 atom stereocenters. The van der Waals surface area contributed by atoms with Crippen molar-refractivity contribution in [3.8, 4) is 0 Å². The molecule has 0 unspecified atom stereocenters. The number of benzene rings is 2. The molecule has 0 radical (unpaired) electrons. The highest BCUT2D eigenvalue weighted by atomic mass is 35.5. The first-order valence-corrected chi connectivity index (χ1v) is 13.7. The van der Waals surface area contributed by atoms with Gasteiger partial charge in [-0.3, -0.25) is 0 Å². The van der Waals surface area contributed by atoms with E-state index in [0.29, 0.717) is 35.2 Å². The van der Waals surface area contributed by atoms with Crippen LogP contribution in [0, 0.1) is 6.92 Å². The number of nitrogens with zero attached hydrogens (tertiary/aromatic N) is 2. The van der Waals surface area contributed by atoms with Crippen LogP contribution in [0.2, 0.25) is 5.02 Å². The van der Waals surface area contributed by atoms with Crippen LogP contribution < -0.4 is 0 Å². The Kier molecular flexibility index (Phi) is 7.27. The van der Waals surface area contributed by atoms with Crippen molar-refractivity contribution in [1.29, 1.82) is 0 Å². The Bertz CT molecular complexity index is 1120. The number of aryl methyl sites for hydroxylation is 2. The third-order valence-electron chi connectivity index (χ3n) is 5.32. The molecular formula is C23H25ClN2O4S2. The number of hydrogen-bond acceptors (Lipinski definition) is 6. The molecule has 1 aromatic heterocycles. The van der Waals surface area contributed by atoms with E-state index < -0.39 is 14.7 Å². The molecule has 9 heteroatoms. The summed E-state index contributed by atoms with van der Waals surface area (Å²) in [7, 11) is -2.56. The lowest BCUT2D eigenvalue weighted by molar-refractivity contribution is -0.180. The molecule has 2 heterocycles. The van der Waals surface area contributed by atoms with Gasteiger partial charge in [0.05, 0.1) is 30.5 Å². The zero-order valence-corrected chi connectivity index (χ0v) is 20.1. The van der Waals surface area contributed by atoms with Crippen LogP contribution in [0.15, 0.2) is 72.1 Å². The summed E-state index contributed by atoms with van der Waals surface area (Å²) < 4.78 is 39.8. The smallest absolute Gasteiger partial charge is 0.230 e. The second-order valence-corrected chi connectivity index (χ2v) is 12.3. The summed E-state index contributed by atoms with van der Waals surface area (Å²) in [5.41, 5.74) is 2.15. The molecule has 4 rings (SSSR count). The molecule has 0 N–H and O–H groups in total. The van der Waals surface area contributed by atoms with Gasteiger partial charge in [0.2, 0.25) is 8.87 Å². The topological polar surface area (TPSA) is 70.4 Å². The van der Waals surface area contributed by atoms with Gasteiger partial charge in [-0.1, -0.05) is 41.4 Å². The maximum atomic E-state index is 12.7. The molecule has 1 aliphatic heterocycles. The van der Waals surface area contributed by atoms with Gasteiger partial charge < -0.3 is 14.0 Å². The van der Waals surface area contributed by atoms with E-state index in [2.05, 4.69) is 4.98 Å². The molecule has 1 saturated heterocycles. The lowest BCUT2D eigenvalue weighted by atomic mass is 10.0. The fourth-order valence-corrected chi connectivity index (χ4v) is 6.54. The molecule has 0 spiro atoms. The first-order valence-electron chi connectivity index (χ1n) is 10.3. The van der Waals surface area contributed by atoms with E-state index in [9.17, 15) is 8.42 Å². The zero-order chi connectivity index (χ0) is 22.6. The second-order valence-electron chi connectivity index (χ2n) is 7.87. The van der Waals surface area contributed by atoms with Crippen molar-refractivity contribution in [2.24, 2.45) is 0 Å². The molecule has 1 fully saturated rings. The number of halogens is 1. The van der Waals surface area contributed by atoms with Gasteiger partial charge in [0.1, 0.15) is 0 Å². The summed E-state index contributed by atoms with van der Waals surface area (Å²) in [5, 5.41) is 0.696. The molecular weight excluding hydrogens is 468 g/mol. The molecule has 0 amide bonds. The third-order valence-corrected chi connectivity index (χ3v) is 9.16. The highest BCUT2D eigenvalue weighted by Gasteiger charge is 2.42. The van der Waals surface area contributed by atoms with Gasteiger partial charge in [-0.15, -0.1) is 0 Å². The molecule has 1 aliphatic rings. The molecule has 0 saturated carbocycles. The average molecular weight is 493 g/mol. The van der Waals surface area contributed by atoms with E-state index in [0.717, 1.165) is 28.3 Å². The number of hydrogen-bond donors (Lipinski definition) is 0. The van der Waals surface area contributed by atoms with Crippen LogP contribution in [-0.2, 0) is 31.3 Å². The zero-order valence-electron chi connectivity index (χ0n) is 17.7. The minimum atomic E-state index is -3.46. The van der Waals surface area contributed by atoms with Gasteiger partial charge in [0.15, 0.2) is 5.79 Å². The molecule has 2 aromatic carbocycles. The van der Waals surface area contributed by atoms with E-state index in [1.807, 2.05) is 42.0 Å². The molecule has 170 valence electrons. The van der Waals surface area contributed by atoms with Crippen LogP contribution in [0.4, 0.5) is 0 Å². The Balaban J connectivity index is 1.42. The Hall–Kier alpha value is -1.84. The average Bonchev–Trinajstić information content (AvgIpc) is 3.43. The monoisotopic (exact) mass is 492 g/mol. The van der Waals surface area contributed by atoms with E-state index in [1.54, 1.807) is 36.8 Å². The third kappa shape index (κ3) is 5.94. The molecule has 32 heavy (non-hydrogen) atoms. The number of rotatable bonds is 9. The first kappa shape index (κ1) is 23.3. The molecule has 0 aliphatic carbocycles. The second kappa shape index (κ2) is 9.97. The fraction of sp³-hybridized carbons (Fsp3) is 0.348. The van der Waals surface area contributed by atoms with E-state index >= 15 is 0 Å². The van der Waals surface area contributed by atoms with Gasteiger partial charge in [-0.2, -0.15) is 0 Å². The van der Waals surface area contributed by atoms with Crippen LogP contribution >= 0.6 is 22.4 Å². The standard InChI is InChI=1S/C23H25ClN2O4S2/c1-18-2-8-22(9-3-18)32(27,28)31-15-21-14-29-23(30-21,16-26-13-12-25-17-26)11-10-19-4-6-20(24)7-5-19/h2-9,12-13,17,21H,10-11,14-16H2,1H3/t21-,23-/m0/s1. The summed E-state index contributed by atoms with van der Waals surface area (Å²) in [4.78, 5) is 4.41. The Morgan fingerprint density at radius 1 is 1.19 bits per heavy atom. The lowest BCUT2D eigenvalue weighted by Crippen LogP contribution is -2.37. The van der Waals surface area contributed by atoms with Crippen molar-refractivity contribution >= 4 is 31.3 Å². The van der Waals surface area contributed by atoms with Crippen LogP contribution in [0.3, 0.4) is 0 Å². The minimum Gasteiger partial charge on any atom is -0.345 e. The van der Waals surface area contributed by atoms with Crippen molar-refractivity contribution in [1.82, 2.24) is 9.55 Å². The normalized spacial score (nSPS) is 21.1. The van der Waals surface area contributed by atoms with E-state index in [1.165, 1.54) is 0 Å². The molecule has 0 bridgehead atoms. The highest BCUT2D eigenvalue weighted by Crippen LogP contribution is 2.34. The summed E-state index contributed by atoms with van der Waals surface area (Å²) in [6.07, 6.45) is 6.34. The quantitative estimate of drug-likeness (QED) is 0.403. The van der Waals surface area contributed by atoms with Crippen molar-refractivity contribution in [2.75, 3.05) is 12.4 Å². The number of ether oxygens (including phenoxy) is 2. The maximum absolute atomic E-state index is 12.7. The van der Waals surface area contributed by atoms with Gasteiger partial charge in [0, 0.05) is 29.6 Å². The van der Waals surface area contributed by atoms with Crippen LogP contribution in [0.25, 0.3) is 0 Å². The lowest BCUT2D eigenvalue weighted by Gasteiger charge is -2.28. The van der Waals surface area contributed by atoms with Gasteiger partial charge >= 0.3 is 0 Å². The summed E-state index contributed by atoms with van der Waals surface area (Å²) in [5.74, 6) is -0.554. The van der Waals surface area contributed by atoms with Gasteiger partial charge in [0.25, 0.3) is 0 Å². The summed E-state index contributed by atoms with van der Waals surface area (Å²) >= 11 is 5.99. The van der Waals surface area contributed by atoms with Crippen molar-refractivity contribution in [2.45, 2.75) is 43.1 Å². The van der Waals surface area contributed by atoms with Crippen molar-refractivity contribution in [3.63, 3.8) is 0 Å². The van der Waals surface area contributed by atoms with Gasteiger partial charge in [-0.25, -0.2) is 13.4 Å². The summed E-state index contributed by atoms with van der Waals surface area (Å²) in [6.45, 7) is 2.75. The maximum Gasteiger partial charge on any atom is 0.230 e. The number of aromatic nitrogens is 2. The number of imidazole rings is 1. The predicted molar refractivity (Wildman–Crippen MR) is 126 cm³/mol. The van der Waals surface area contributed by atoms with E-state index in [4.69, 9.17) is 21.1 Å². The van der Waals surface area contributed by atoms with Crippen molar-refractivity contribution < 1.29 is 17.9 Å². The fourth-order valence-electron chi connectivity index (χ4n) is 3.57. The van der Waals surface area contributed by atoms with Crippen LogP contribution in [0.1, 0.15) is 17.5 Å². The molecule has 3 aromatic rings. The van der Waals surface area contributed by atoms with E-state index in [-0.39, 0.29) is 6.10 Å².